The lowest BCUT2D eigenvalue weighted by atomic mass is 10.00. The molecule has 0 amide bonds. The summed E-state index contributed by atoms with van der Waals surface area (Å²) in [6.45, 7) is 2.99. The minimum Gasteiger partial charge on any atom is -0.478 e. The Hall–Kier alpha value is -3.71. The zero-order valence-corrected chi connectivity index (χ0v) is 16.0. The van der Waals surface area contributed by atoms with Crippen LogP contribution >= 0.6 is 0 Å². The zero-order chi connectivity index (χ0) is 20.4. The molecule has 7 nitrogen and oxygen atoms in total. The van der Waals surface area contributed by atoms with Gasteiger partial charge >= 0.3 is 5.97 Å². The molecule has 1 aliphatic rings. The number of anilines is 1. The summed E-state index contributed by atoms with van der Waals surface area (Å²) in [5.41, 5.74) is 2.75. The van der Waals surface area contributed by atoms with E-state index >= 15 is 0 Å². The van der Waals surface area contributed by atoms with Gasteiger partial charge < -0.3 is 14.7 Å². The largest absolute Gasteiger partial charge is 0.478 e. The molecule has 1 fully saturated rings. The van der Waals surface area contributed by atoms with Crippen LogP contribution in [-0.2, 0) is 4.74 Å². The quantitative estimate of drug-likeness (QED) is 0.491. The van der Waals surface area contributed by atoms with E-state index in [1.165, 1.54) is 12.1 Å². The summed E-state index contributed by atoms with van der Waals surface area (Å²) < 4.78 is 7.08. The molecule has 148 valence electrons. The lowest BCUT2D eigenvalue weighted by Gasteiger charge is -2.30. The van der Waals surface area contributed by atoms with Crippen molar-refractivity contribution >= 4 is 49.9 Å². The van der Waals surface area contributed by atoms with Gasteiger partial charge in [-0.25, -0.2) is 9.78 Å². The smallest absolute Gasteiger partial charge is 0.335 e. The Morgan fingerprint density at radius 1 is 1.00 bits per heavy atom. The summed E-state index contributed by atoms with van der Waals surface area (Å²) in [6.07, 6.45) is 0. The number of aromatic nitrogens is 2. The highest BCUT2D eigenvalue weighted by molar-refractivity contribution is 6.19. The van der Waals surface area contributed by atoms with Crippen LogP contribution in [0, 0.1) is 0 Å². The number of ether oxygens (including phenoxy) is 1. The Labute approximate surface area is 170 Å². The van der Waals surface area contributed by atoms with Crippen LogP contribution in [0.2, 0.25) is 0 Å². The molecule has 1 saturated heterocycles. The van der Waals surface area contributed by atoms with Crippen molar-refractivity contribution in [3.05, 3.63) is 64.4 Å². The molecule has 30 heavy (non-hydrogen) atoms. The Morgan fingerprint density at radius 3 is 2.60 bits per heavy atom. The van der Waals surface area contributed by atoms with Crippen LogP contribution < -0.4 is 10.5 Å². The van der Waals surface area contributed by atoms with E-state index < -0.39 is 5.97 Å². The van der Waals surface area contributed by atoms with Crippen LogP contribution in [0.1, 0.15) is 10.4 Å². The van der Waals surface area contributed by atoms with E-state index in [0.29, 0.717) is 35.3 Å². The fraction of sp³-hybridized carbons (Fsp3) is 0.174. The molecule has 3 heterocycles. The molecule has 0 radical (unpaired) electrons. The first-order valence-corrected chi connectivity index (χ1v) is 9.83. The van der Waals surface area contributed by atoms with Gasteiger partial charge in [-0.1, -0.05) is 12.1 Å². The molecule has 7 heteroatoms. The van der Waals surface area contributed by atoms with Gasteiger partial charge in [0.15, 0.2) is 0 Å². The average molecular weight is 399 g/mol. The van der Waals surface area contributed by atoms with Crippen molar-refractivity contribution in [1.29, 1.82) is 0 Å². The highest BCUT2D eigenvalue weighted by Gasteiger charge is 2.20. The minimum absolute atomic E-state index is 0.146. The first-order valence-electron chi connectivity index (χ1n) is 9.83. The molecule has 0 atom stereocenters. The molecule has 5 aromatic rings. The van der Waals surface area contributed by atoms with Gasteiger partial charge in [-0.05, 0) is 36.4 Å². The molecule has 0 spiro atoms. The first kappa shape index (κ1) is 17.2. The SMILES string of the molecule is O=C(O)c1ccc2c(c1)nc1c3ccc(N4CCOCC4)c4cccc(c(=O)n21)c43. The van der Waals surface area contributed by atoms with Crippen molar-refractivity contribution in [1.82, 2.24) is 9.38 Å². The monoisotopic (exact) mass is 399 g/mol. The molecular weight excluding hydrogens is 382 g/mol. The van der Waals surface area contributed by atoms with Gasteiger partial charge in [-0.2, -0.15) is 0 Å². The van der Waals surface area contributed by atoms with Gasteiger partial charge in [0.2, 0.25) is 0 Å². The Kier molecular flexibility index (Phi) is 3.52. The maximum atomic E-state index is 13.4. The van der Waals surface area contributed by atoms with Crippen LogP contribution in [-0.4, -0.2) is 46.8 Å². The number of hydrogen-bond donors (Lipinski definition) is 1. The number of nitrogens with zero attached hydrogens (tertiary/aromatic N) is 3. The average Bonchev–Trinajstić information content (AvgIpc) is 3.16. The number of carboxylic acid groups (broad SMARTS) is 1. The number of benzene rings is 3. The summed E-state index contributed by atoms with van der Waals surface area (Å²) in [4.78, 5) is 31.7. The van der Waals surface area contributed by atoms with Crippen LogP contribution in [0.3, 0.4) is 0 Å². The molecule has 2 aromatic heterocycles. The molecule has 0 unspecified atom stereocenters. The van der Waals surface area contributed by atoms with E-state index in [0.717, 1.165) is 34.9 Å². The van der Waals surface area contributed by atoms with Crippen molar-refractivity contribution in [2.24, 2.45) is 0 Å². The molecule has 6 rings (SSSR count). The maximum Gasteiger partial charge on any atom is 0.335 e. The van der Waals surface area contributed by atoms with Gasteiger partial charge in [0.05, 0.1) is 29.8 Å². The molecule has 0 saturated carbocycles. The fourth-order valence-electron chi connectivity index (χ4n) is 4.56. The number of fused-ring (bicyclic) bond motifs is 4. The lowest BCUT2D eigenvalue weighted by Crippen LogP contribution is -2.36. The normalized spacial score (nSPS) is 15.0. The summed E-state index contributed by atoms with van der Waals surface area (Å²) >= 11 is 0. The third-order valence-electron chi connectivity index (χ3n) is 5.95. The highest BCUT2D eigenvalue weighted by Crippen LogP contribution is 2.35. The molecule has 1 N–H and O–H groups in total. The summed E-state index contributed by atoms with van der Waals surface area (Å²) in [5.74, 6) is -1.02. The van der Waals surface area contributed by atoms with E-state index in [4.69, 9.17) is 4.74 Å². The third kappa shape index (κ3) is 2.26. The van der Waals surface area contributed by atoms with E-state index in [2.05, 4.69) is 16.0 Å². The topological polar surface area (TPSA) is 84.1 Å². The number of rotatable bonds is 2. The number of aromatic carboxylic acids is 1. The predicted molar refractivity (Wildman–Crippen MR) is 115 cm³/mol. The first-order chi connectivity index (χ1) is 14.6. The van der Waals surface area contributed by atoms with Crippen LogP contribution in [0.15, 0.2) is 53.3 Å². The predicted octanol–water partition coefficient (Wildman–Crippen LogP) is 3.13. The standard InChI is InChI=1S/C23H17N3O4/c27-22-16-3-1-2-14-18(25-8-10-30-11-9-25)7-5-15(20(14)16)21-24-17-12-13(23(28)29)4-6-19(17)26(21)22/h1-7,12H,8-11H2,(H,28,29). The summed E-state index contributed by atoms with van der Waals surface area (Å²) in [7, 11) is 0. The Balaban J connectivity index is 1.74. The Bertz CT molecular complexity index is 1530. The Morgan fingerprint density at radius 2 is 1.80 bits per heavy atom. The van der Waals surface area contributed by atoms with Crippen molar-refractivity contribution in [3.8, 4) is 0 Å². The van der Waals surface area contributed by atoms with Crippen LogP contribution in [0.5, 0.6) is 0 Å². The van der Waals surface area contributed by atoms with Crippen molar-refractivity contribution < 1.29 is 14.6 Å². The molecule has 0 bridgehead atoms. The van der Waals surface area contributed by atoms with E-state index in [-0.39, 0.29) is 11.1 Å². The van der Waals surface area contributed by atoms with Crippen molar-refractivity contribution in [3.63, 3.8) is 0 Å². The zero-order valence-electron chi connectivity index (χ0n) is 16.0. The fourth-order valence-corrected chi connectivity index (χ4v) is 4.56. The third-order valence-corrected chi connectivity index (χ3v) is 5.95. The molecule has 3 aromatic carbocycles. The van der Waals surface area contributed by atoms with E-state index in [1.807, 2.05) is 24.3 Å². The highest BCUT2D eigenvalue weighted by atomic mass is 16.5. The number of pyridine rings is 1. The number of hydrogen-bond acceptors (Lipinski definition) is 5. The van der Waals surface area contributed by atoms with Crippen LogP contribution in [0.4, 0.5) is 5.69 Å². The van der Waals surface area contributed by atoms with Crippen LogP contribution in [0.25, 0.3) is 38.2 Å². The number of morpholine rings is 1. The second kappa shape index (κ2) is 6.14. The minimum atomic E-state index is -1.02. The van der Waals surface area contributed by atoms with Gasteiger partial charge in [0.1, 0.15) is 5.65 Å². The molecule has 0 aliphatic carbocycles. The lowest BCUT2D eigenvalue weighted by molar-refractivity contribution is 0.0697. The maximum absolute atomic E-state index is 13.4. The summed E-state index contributed by atoms with van der Waals surface area (Å²) in [6, 6.07) is 14.6. The van der Waals surface area contributed by atoms with Crippen molar-refractivity contribution in [2.45, 2.75) is 0 Å². The van der Waals surface area contributed by atoms with Gasteiger partial charge in [0.25, 0.3) is 5.56 Å². The number of carboxylic acids is 1. The van der Waals surface area contributed by atoms with Gasteiger partial charge in [-0.15, -0.1) is 0 Å². The van der Waals surface area contributed by atoms with E-state index in [1.54, 1.807) is 10.5 Å². The number of carbonyl (C=O) groups is 1. The van der Waals surface area contributed by atoms with E-state index in [9.17, 15) is 14.7 Å². The van der Waals surface area contributed by atoms with Gasteiger partial charge in [-0.3, -0.25) is 9.20 Å². The molecule has 1 aliphatic heterocycles. The van der Waals surface area contributed by atoms with Crippen molar-refractivity contribution in [2.75, 3.05) is 31.2 Å². The second-order valence-corrected chi connectivity index (χ2v) is 7.54. The number of imidazole rings is 1. The molecular formula is C23H17N3O4. The van der Waals surface area contributed by atoms with Gasteiger partial charge in [0, 0.05) is 40.3 Å². The summed E-state index contributed by atoms with van der Waals surface area (Å²) in [5, 5.41) is 12.7. The second-order valence-electron chi connectivity index (χ2n) is 7.54.